The van der Waals surface area contributed by atoms with E-state index in [0.717, 1.165) is 29.9 Å². The van der Waals surface area contributed by atoms with Crippen molar-refractivity contribution in [1.29, 1.82) is 0 Å². The Morgan fingerprint density at radius 1 is 1.14 bits per heavy atom. The van der Waals surface area contributed by atoms with Gasteiger partial charge in [0.25, 0.3) is 0 Å². The average molecular weight is 305 g/mol. The van der Waals surface area contributed by atoms with Gasteiger partial charge in [-0.1, -0.05) is 33.8 Å². The number of rotatable bonds is 6. The molecule has 1 unspecified atom stereocenters. The zero-order valence-electron chi connectivity index (χ0n) is 14.0. The van der Waals surface area contributed by atoms with Gasteiger partial charge in [0.05, 0.1) is 6.04 Å². The summed E-state index contributed by atoms with van der Waals surface area (Å²) < 4.78 is 11.2. The lowest BCUT2D eigenvalue weighted by Gasteiger charge is -2.27. The summed E-state index contributed by atoms with van der Waals surface area (Å²) in [6.45, 7) is 9.52. The Labute approximate surface area is 133 Å². The second-order valence-electron chi connectivity index (χ2n) is 6.15. The molecule has 1 atom stereocenters. The van der Waals surface area contributed by atoms with Crippen LogP contribution in [0.5, 0.6) is 11.5 Å². The Morgan fingerprint density at radius 3 is 2.36 bits per heavy atom. The maximum Gasteiger partial charge on any atom is 0.223 e. The van der Waals surface area contributed by atoms with Gasteiger partial charge in [0, 0.05) is 5.92 Å². The van der Waals surface area contributed by atoms with Gasteiger partial charge in [0.15, 0.2) is 11.5 Å². The lowest BCUT2D eigenvalue weighted by atomic mass is 9.94. The summed E-state index contributed by atoms with van der Waals surface area (Å²) in [4.78, 5) is 12.4. The summed E-state index contributed by atoms with van der Waals surface area (Å²) >= 11 is 0. The number of amides is 1. The Hall–Kier alpha value is -1.71. The number of hydrogen-bond donors (Lipinski definition) is 1. The van der Waals surface area contributed by atoms with Gasteiger partial charge in [-0.3, -0.25) is 4.79 Å². The zero-order chi connectivity index (χ0) is 16.1. The molecule has 0 saturated heterocycles. The molecule has 0 bridgehead atoms. The van der Waals surface area contributed by atoms with E-state index in [-0.39, 0.29) is 17.9 Å². The topological polar surface area (TPSA) is 47.6 Å². The minimum Gasteiger partial charge on any atom is -0.486 e. The SMILES string of the molecule is CCC(CC)C(=O)NC(c1ccc2c(c1)OCCO2)C(C)C. The predicted octanol–water partition coefficient (Wildman–Crippen LogP) is 3.71. The first-order chi connectivity index (χ1) is 10.6. The molecule has 2 rings (SSSR count). The van der Waals surface area contributed by atoms with Crippen LogP contribution >= 0.6 is 0 Å². The molecule has 1 aliphatic heterocycles. The fourth-order valence-electron chi connectivity index (χ4n) is 2.82. The third-order valence-corrected chi connectivity index (χ3v) is 4.25. The van der Waals surface area contributed by atoms with Crippen LogP contribution in [0.3, 0.4) is 0 Å². The lowest BCUT2D eigenvalue weighted by molar-refractivity contribution is -0.126. The molecule has 1 amide bonds. The first kappa shape index (κ1) is 16.7. The van der Waals surface area contributed by atoms with Crippen LogP contribution in [0.2, 0.25) is 0 Å². The van der Waals surface area contributed by atoms with E-state index in [1.165, 1.54) is 0 Å². The van der Waals surface area contributed by atoms with Gasteiger partial charge in [-0.15, -0.1) is 0 Å². The standard InChI is InChI=1S/C18H27NO3/c1-5-13(6-2)18(20)19-17(12(3)4)14-7-8-15-16(11-14)22-10-9-21-15/h7-8,11-13,17H,5-6,9-10H2,1-4H3,(H,19,20). The smallest absolute Gasteiger partial charge is 0.223 e. The molecular weight excluding hydrogens is 278 g/mol. The highest BCUT2D eigenvalue weighted by molar-refractivity contribution is 5.79. The van der Waals surface area contributed by atoms with Crippen molar-refractivity contribution in [2.24, 2.45) is 11.8 Å². The van der Waals surface area contributed by atoms with Crippen LogP contribution in [-0.4, -0.2) is 19.1 Å². The second-order valence-corrected chi connectivity index (χ2v) is 6.15. The Bertz CT molecular complexity index is 509. The second kappa shape index (κ2) is 7.52. The molecule has 1 aromatic carbocycles. The van der Waals surface area contributed by atoms with Crippen LogP contribution in [0, 0.1) is 11.8 Å². The summed E-state index contributed by atoms with van der Waals surface area (Å²) in [6.07, 6.45) is 1.74. The lowest BCUT2D eigenvalue weighted by Crippen LogP contribution is -2.36. The minimum absolute atomic E-state index is 0.0103. The zero-order valence-corrected chi connectivity index (χ0v) is 14.0. The minimum atomic E-state index is -0.0103. The van der Waals surface area contributed by atoms with Gasteiger partial charge in [-0.05, 0) is 36.5 Å². The first-order valence-corrected chi connectivity index (χ1v) is 8.26. The van der Waals surface area contributed by atoms with Crippen molar-refractivity contribution in [1.82, 2.24) is 5.32 Å². The molecule has 0 fully saturated rings. The van der Waals surface area contributed by atoms with E-state index < -0.39 is 0 Å². The van der Waals surface area contributed by atoms with E-state index >= 15 is 0 Å². The van der Waals surface area contributed by atoms with E-state index in [0.29, 0.717) is 19.1 Å². The maximum atomic E-state index is 12.4. The fourth-order valence-corrected chi connectivity index (χ4v) is 2.82. The maximum absolute atomic E-state index is 12.4. The average Bonchev–Trinajstić information content (AvgIpc) is 2.53. The van der Waals surface area contributed by atoms with Crippen molar-refractivity contribution < 1.29 is 14.3 Å². The summed E-state index contributed by atoms with van der Waals surface area (Å²) in [6, 6.07) is 5.93. The molecule has 4 heteroatoms. The van der Waals surface area contributed by atoms with Crippen molar-refractivity contribution in [3.63, 3.8) is 0 Å². The van der Waals surface area contributed by atoms with Gasteiger partial charge in [-0.2, -0.15) is 0 Å². The van der Waals surface area contributed by atoms with E-state index in [4.69, 9.17) is 9.47 Å². The largest absolute Gasteiger partial charge is 0.486 e. The number of nitrogens with one attached hydrogen (secondary N) is 1. The molecule has 0 aromatic heterocycles. The van der Waals surface area contributed by atoms with Crippen LogP contribution < -0.4 is 14.8 Å². The molecule has 0 spiro atoms. The highest BCUT2D eigenvalue weighted by Crippen LogP contribution is 2.34. The molecule has 0 aliphatic carbocycles. The van der Waals surface area contributed by atoms with E-state index in [1.54, 1.807) is 0 Å². The van der Waals surface area contributed by atoms with Crippen LogP contribution in [0.1, 0.15) is 52.1 Å². The monoisotopic (exact) mass is 305 g/mol. The van der Waals surface area contributed by atoms with E-state index in [9.17, 15) is 4.79 Å². The van der Waals surface area contributed by atoms with Gasteiger partial charge in [0.1, 0.15) is 13.2 Å². The molecule has 22 heavy (non-hydrogen) atoms. The molecule has 1 aromatic rings. The fraction of sp³-hybridized carbons (Fsp3) is 0.611. The van der Waals surface area contributed by atoms with Gasteiger partial charge in [-0.25, -0.2) is 0 Å². The predicted molar refractivity (Wildman–Crippen MR) is 87.2 cm³/mol. The quantitative estimate of drug-likeness (QED) is 0.871. The molecule has 1 N–H and O–H groups in total. The van der Waals surface area contributed by atoms with Crippen LogP contribution in [0.4, 0.5) is 0 Å². The summed E-state index contributed by atoms with van der Waals surface area (Å²) in [5.74, 6) is 2.08. The van der Waals surface area contributed by atoms with Crippen molar-refractivity contribution >= 4 is 5.91 Å². The molecule has 1 aliphatic rings. The number of fused-ring (bicyclic) bond motifs is 1. The Morgan fingerprint density at radius 2 is 1.77 bits per heavy atom. The molecule has 0 radical (unpaired) electrons. The highest BCUT2D eigenvalue weighted by Gasteiger charge is 2.24. The number of carbonyl (C=O) groups is 1. The van der Waals surface area contributed by atoms with Crippen molar-refractivity contribution in [3.8, 4) is 11.5 Å². The first-order valence-electron chi connectivity index (χ1n) is 8.26. The third kappa shape index (κ3) is 3.73. The van der Waals surface area contributed by atoms with Gasteiger partial charge >= 0.3 is 0 Å². The van der Waals surface area contributed by atoms with Crippen molar-refractivity contribution in [3.05, 3.63) is 23.8 Å². The molecule has 1 heterocycles. The third-order valence-electron chi connectivity index (χ3n) is 4.25. The number of hydrogen-bond acceptors (Lipinski definition) is 3. The number of benzene rings is 1. The van der Waals surface area contributed by atoms with Gasteiger partial charge in [0.2, 0.25) is 5.91 Å². The summed E-state index contributed by atoms with van der Waals surface area (Å²) in [5, 5.41) is 3.21. The summed E-state index contributed by atoms with van der Waals surface area (Å²) in [7, 11) is 0. The highest BCUT2D eigenvalue weighted by atomic mass is 16.6. The summed E-state index contributed by atoms with van der Waals surface area (Å²) in [5.41, 5.74) is 1.07. The number of ether oxygens (including phenoxy) is 2. The van der Waals surface area contributed by atoms with Crippen LogP contribution in [0.25, 0.3) is 0 Å². The molecule has 4 nitrogen and oxygen atoms in total. The normalized spacial score (nSPS) is 15.0. The van der Waals surface area contributed by atoms with Gasteiger partial charge < -0.3 is 14.8 Å². The van der Waals surface area contributed by atoms with E-state index in [1.807, 2.05) is 18.2 Å². The van der Waals surface area contributed by atoms with Crippen LogP contribution in [0.15, 0.2) is 18.2 Å². The van der Waals surface area contributed by atoms with E-state index in [2.05, 4.69) is 33.0 Å². The Kier molecular flexibility index (Phi) is 5.69. The number of carbonyl (C=O) groups excluding carboxylic acids is 1. The van der Waals surface area contributed by atoms with Crippen molar-refractivity contribution in [2.45, 2.75) is 46.6 Å². The Balaban J connectivity index is 2.19. The molecular formula is C18H27NO3. The molecule has 122 valence electrons. The van der Waals surface area contributed by atoms with Crippen molar-refractivity contribution in [2.75, 3.05) is 13.2 Å². The molecule has 0 saturated carbocycles. The van der Waals surface area contributed by atoms with Crippen LogP contribution in [-0.2, 0) is 4.79 Å².